The normalized spacial score (nSPS) is 14.0. The number of hydrogen-bond acceptors (Lipinski definition) is 4. The van der Waals surface area contributed by atoms with Crippen LogP contribution in [0.3, 0.4) is 0 Å². The van der Waals surface area contributed by atoms with Gasteiger partial charge in [-0.1, -0.05) is 51.9 Å². The molecule has 0 saturated carbocycles. The summed E-state index contributed by atoms with van der Waals surface area (Å²) in [7, 11) is 0. The Balaban J connectivity index is 4.09. The SMILES string of the molecule is CC/C(=N\OCCCC(C)(C)/C=N/OC(C)C)C(C)(C)C. The summed E-state index contributed by atoms with van der Waals surface area (Å²) in [5.74, 6) is 0. The van der Waals surface area contributed by atoms with Crippen LogP contribution in [0.1, 0.15) is 74.7 Å². The fourth-order valence-corrected chi connectivity index (χ4v) is 1.81. The highest BCUT2D eigenvalue weighted by molar-refractivity contribution is 5.88. The quantitative estimate of drug-likeness (QED) is 0.340. The molecule has 4 nitrogen and oxygen atoms in total. The first-order chi connectivity index (χ1) is 9.58. The molecule has 0 amide bonds. The summed E-state index contributed by atoms with van der Waals surface area (Å²) in [6.07, 6.45) is 4.87. The zero-order valence-electron chi connectivity index (χ0n) is 15.2. The Hall–Kier alpha value is -1.06. The van der Waals surface area contributed by atoms with Crippen molar-refractivity contribution in [2.75, 3.05) is 6.61 Å². The van der Waals surface area contributed by atoms with Crippen molar-refractivity contribution in [2.45, 2.75) is 80.8 Å². The molecule has 0 N–H and O–H groups in total. The average Bonchev–Trinajstić information content (AvgIpc) is 2.31. The molecule has 4 heteroatoms. The van der Waals surface area contributed by atoms with Gasteiger partial charge in [-0.15, -0.1) is 0 Å². The van der Waals surface area contributed by atoms with Crippen molar-refractivity contribution in [3.05, 3.63) is 0 Å². The van der Waals surface area contributed by atoms with E-state index in [9.17, 15) is 0 Å². The van der Waals surface area contributed by atoms with Gasteiger partial charge >= 0.3 is 0 Å². The fraction of sp³-hybridized carbons (Fsp3) is 0.882. The predicted molar refractivity (Wildman–Crippen MR) is 90.9 cm³/mol. The molecule has 0 heterocycles. The molecule has 0 aromatic heterocycles. The molecule has 0 fully saturated rings. The maximum absolute atomic E-state index is 5.46. The first kappa shape index (κ1) is 19.9. The number of oxime groups is 2. The Labute approximate surface area is 131 Å². The zero-order chi connectivity index (χ0) is 16.5. The van der Waals surface area contributed by atoms with E-state index in [0.717, 1.165) is 25.0 Å². The van der Waals surface area contributed by atoms with Crippen molar-refractivity contribution >= 4 is 11.9 Å². The third-order valence-corrected chi connectivity index (χ3v) is 3.11. The van der Waals surface area contributed by atoms with E-state index in [1.807, 2.05) is 20.1 Å². The Kier molecular flexibility index (Phi) is 8.60. The van der Waals surface area contributed by atoms with Gasteiger partial charge in [-0.25, -0.2) is 0 Å². The standard InChI is InChI=1S/C17H34N2O2/c1-9-15(16(4,5)6)19-20-12-10-11-17(7,8)13-18-21-14(2)3/h13-14H,9-12H2,1-8H3/b18-13+,19-15+. The summed E-state index contributed by atoms with van der Waals surface area (Å²) in [5.41, 5.74) is 1.20. The highest BCUT2D eigenvalue weighted by atomic mass is 16.6. The van der Waals surface area contributed by atoms with Gasteiger partial charge < -0.3 is 9.68 Å². The molecular weight excluding hydrogens is 264 g/mol. The average molecular weight is 298 g/mol. The van der Waals surface area contributed by atoms with Crippen LogP contribution in [-0.4, -0.2) is 24.6 Å². The van der Waals surface area contributed by atoms with Crippen molar-refractivity contribution < 1.29 is 9.68 Å². The van der Waals surface area contributed by atoms with Gasteiger partial charge in [-0.2, -0.15) is 0 Å². The van der Waals surface area contributed by atoms with Crippen LogP contribution < -0.4 is 0 Å². The summed E-state index contributed by atoms with van der Waals surface area (Å²) in [6, 6.07) is 0. The molecule has 124 valence electrons. The number of nitrogens with zero attached hydrogens (tertiary/aromatic N) is 2. The highest BCUT2D eigenvalue weighted by Crippen LogP contribution is 2.21. The van der Waals surface area contributed by atoms with Crippen molar-refractivity contribution in [1.29, 1.82) is 0 Å². The van der Waals surface area contributed by atoms with Gasteiger partial charge in [0.2, 0.25) is 0 Å². The van der Waals surface area contributed by atoms with E-state index in [-0.39, 0.29) is 16.9 Å². The minimum atomic E-state index is 0.0135. The lowest BCUT2D eigenvalue weighted by atomic mass is 9.89. The summed E-state index contributed by atoms with van der Waals surface area (Å²) in [6.45, 7) is 17.5. The van der Waals surface area contributed by atoms with Crippen LogP contribution in [0.4, 0.5) is 0 Å². The largest absolute Gasteiger partial charge is 0.396 e. The van der Waals surface area contributed by atoms with Crippen molar-refractivity contribution in [3.63, 3.8) is 0 Å². The van der Waals surface area contributed by atoms with Crippen LogP contribution in [0, 0.1) is 10.8 Å². The van der Waals surface area contributed by atoms with Gasteiger partial charge in [0.05, 0.1) is 5.71 Å². The van der Waals surface area contributed by atoms with Crippen LogP contribution >= 0.6 is 0 Å². The smallest absolute Gasteiger partial charge is 0.121 e. The molecular formula is C17H34N2O2. The Bertz CT molecular complexity index is 339. The second-order valence-electron chi connectivity index (χ2n) is 7.46. The van der Waals surface area contributed by atoms with Gasteiger partial charge in [-0.05, 0) is 33.1 Å². The number of hydrogen-bond donors (Lipinski definition) is 0. The molecule has 0 atom stereocenters. The molecule has 0 bridgehead atoms. The Morgan fingerprint density at radius 3 is 2.24 bits per heavy atom. The molecule has 0 aliphatic carbocycles. The molecule has 0 saturated heterocycles. The van der Waals surface area contributed by atoms with Crippen LogP contribution in [-0.2, 0) is 9.68 Å². The van der Waals surface area contributed by atoms with E-state index in [0.29, 0.717) is 6.61 Å². The molecule has 0 spiro atoms. The lowest BCUT2D eigenvalue weighted by Gasteiger charge is -2.20. The van der Waals surface area contributed by atoms with Crippen LogP contribution in [0.2, 0.25) is 0 Å². The summed E-state index contributed by atoms with van der Waals surface area (Å²) in [5, 5.41) is 8.30. The van der Waals surface area contributed by atoms with E-state index in [1.54, 1.807) is 0 Å². The molecule has 0 aliphatic rings. The Morgan fingerprint density at radius 2 is 1.76 bits per heavy atom. The van der Waals surface area contributed by atoms with E-state index < -0.39 is 0 Å². The van der Waals surface area contributed by atoms with E-state index in [2.05, 4.69) is 51.9 Å². The molecule has 21 heavy (non-hydrogen) atoms. The van der Waals surface area contributed by atoms with Gasteiger partial charge in [0.25, 0.3) is 0 Å². The Morgan fingerprint density at radius 1 is 1.14 bits per heavy atom. The van der Waals surface area contributed by atoms with Crippen molar-refractivity contribution in [3.8, 4) is 0 Å². The maximum Gasteiger partial charge on any atom is 0.121 e. The second kappa shape index (κ2) is 9.06. The third-order valence-electron chi connectivity index (χ3n) is 3.11. The van der Waals surface area contributed by atoms with E-state index in [1.165, 1.54) is 0 Å². The van der Waals surface area contributed by atoms with E-state index in [4.69, 9.17) is 9.68 Å². The lowest BCUT2D eigenvalue weighted by molar-refractivity contribution is 0.0846. The second-order valence-corrected chi connectivity index (χ2v) is 7.46. The number of rotatable bonds is 9. The summed E-state index contributed by atoms with van der Waals surface area (Å²) in [4.78, 5) is 10.7. The van der Waals surface area contributed by atoms with Crippen LogP contribution in [0.15, 0.2) is 10.3 Å². The maximum atomic E-state index is 5.46. The molecule has 0 aromatic rings. The third kappa shape index (κ3) is 10.3. The summed E-state index contributed by atoms with van der Waals surface area (Å²) < 4.78 is 0. The van der Waals surface area contributed by atoms with Gasteiger partial charge in [0, 0.05) is 17.0 Å². The minimum Gasteiger partial charge on any atom is -0.396 e. The van der Waals surface area contributed by atoms with Gasteiger partial charge in [-0.3, -0.25) is 0 Å². The monoisotopic (exact) mass is 298 g/mol. The van der Waals surface area contributed by atoms with Crippen molar-refractivity contribution in [2.24, 2.45) is 21.1 Å². The first-order valence-corrected chi connectivity index (χ1v) is 7.98. The molecule has 0 rings (SSSR count). The van der Waals surface area contributed by atoms with Crippen LogP contribution in [0.5, 0.6) is 0 Å². The summed E-state index contributed by atoms with van der Waals surface area (Å²) >= 11 is 0. The van der Waals surface area contributed by atoms with Gasteiger partial charge in [0.15, 0.2) is 0 Å². The topological polar surface area (TPSA) is 43.2 Å². The molecule has 0 aliphatic heterocycles. The zero-order valence-corrected chi connectivity index (χ0v) is 15.2. The highest BCUT2D eigenvalue weighted by Gasteiger charge is 2.18. The van der Waals surface area contributed by atoms with Gasteiger partial charge in [0.1, 0.15) is 12.7 Å². The lowest BCUT2D eigenvalue weighted by Crippen LogP contribution is -2.20. The van der Waals surface area contributed by atoms with Crippen LogP contribution in [0.25, 0.3) is 0 Å². The fourth-order valence-electron chi connectivity index (χ4n) is 1.81. The predicted octanol–water partition coefficient (Wildman–Crippen LogP) is 5.03. The first-order valence-electron chi connectivity index (χ1n) is 7.98. The molecule has 0 unspecified atom stereocenters. The van der Waals surface area contributed by atoms with E-state index >= 15 is 0 Å². The van der Waals surface area contributed by atoms with Crippen molar-refractivity contribution in [1.82, 2.24) is 0 Å². The molecule has 0 aromatic carbocycles. The minimum absolute atomic E-state index is 0.0135. The molecule has 0 radical (unpaired) electrons.